The van der Waals surface area contributed by atoms with E-state index in [-0.39, 0.29) is 35.3 Å². The van der Waals surface area contributed by atoms with Gasteiger partial charge in [0.05, 0.1) is 24.5 Å². The Balaban J connectivity index is 2.13. The van der Waals surface area contributed by atoms with E-state index in [1.165, 1.54) is 11.8 Å². The smallest absolute Gasteiger partial charge is 0.348 e. The van der Waals surface area contributed by atoms with Crippen molar-refractivity contribution in [1.29, 1.82) is 0 Å². The van der Waals surface area contributed by atoms with Crippen LogP contribution in [0.25, 0.3) is 0 Å². The molecule has 0 saturated carbocycles. The summed E-state index contributed by atoms with van der Waals surface area (Å²) in [5.74, 6) is -0.523. The van der Waals surface area contributed by atoms with Crippen molar-refractivity contribution in [2.24, 2.45) is 0 Å². The standard InChI is InChI=1S/C22H25NO5S2/c1-4-13-29-14-17(24)23-20-18(21(25)27-5-2)15(3)19(30-20)22(26)28-12-11-16-9-7-6-8-10-16/h4,6-10H,1,5,11-14H2,2-3H3,(H,23,24). The Morgan fingerprint density at radius 2 is 1.90 bits per heavy atom. The van der Waals surface area contributed by atoms with E-state index in [1.54, 1.807) is 19.9 Å². The summed E-state index contributed by atoms with van der Waals surface area (Å²) in [6, 6.07) is 9.69. The third-order valence-corrected chi connectivity index (χ3v) is 6.13. The number of hydrogen-bond acceptors (Lipinski definition) is 7. The van der Waals surface area contributed by atoms with Crippen molar-refractivity contribution in [2.45, 2.75) is 20.3 Å². The fourth-order valence-electron chi connectivity index (χ4n) is 2.61. The summed E-state index contributed by atoms with van der Waals surface area (Å²) in [6.45, 7) is 7.37. The third kappa shape index (κ3) is 6.74. The molecule has 0 bridgehead atoms. The summed E-state index contributed by atoms with van der Waals surface area (Å²) in [7, 11) is 0. The number of thioether (sulfide) groups is 1. The zero-order valence-corrected chi connectivity index (χ0v) is 18.7. The summed E-state index contributed by atoms with van der Waals surface area (Å²) >= 11 is 2.42. The molecule has 0 unspecified atom stereocenters. The topological polar surface area (TPSA) is 81.7 Å². The fraction of sp³-hybridized carbons (Fsp3) is 0.318. The van der Waals surface area contributed by atoms with Crippen LogP contribution in [0.5, 0.6) is 0 Å². The van der Waals surface area contributed by atoms with E-state index in [0.717, 1.165) is 16.9 Å². The Morgan fingerprint density at radius 1 is 1.17 bits per heavy atom. The minimum Gasteiger partial charge on any atom is -0.462 e. The molecule has 2 rings (SSSR count). The third-order valence-electron chi connectivity index (χ3n) is 4.00. The number of ether oxygens (including phenoxy) is 2. The molecule has 1 aromatic heterocycles. The minimum atomic E-state index is -0.580. The van der Waals surface area contributed by atoms with Crippen LogP contribution in [0, 0.1) is 6.92 Å². The van der Waals surface area contributed by atoms with E-state index in [1.807, 2.05) is 30.3 Å². The molecule has 1 heterocycles. The van der Waals surface area contributed by atoms with Crippen molar-refractivity contribution < 1.29 is 23.9 Å². The first-order valence-electron chi connectivity index (χ1n) is 9.47. The van der Waals surface area contributed by atoms with Gasteiger partial charge in [-0.3, -0.25) is 4.79 Å². The first-order chi connectivity index (χ1) is 14.5. The molecule has 0 saturated heterocycles. The van der Waals surface area contributed by atoms with Crippen molar-refractivity contribution >= 4 is 45.9 Å². The monoisotopic (exact) mass is 447 g/mol. The predicted octanol–water partition coefficient (Wildman–Crippen LogP) is 4.49. The molecule has 30 heavy (non-hydrogen) atoms. The number of benzene rings is 1. The highest BCUT2D eigenvalue weighted by molar-refractivity contribution is 8.00. The maximum Gasteiger partial charge on any atom is 0.348 e. The lowest BCUT2D eigenvalue weighted by molar-refractivity contribution is -0.113. The Bertz CT molecular complexity index is 892. The number of carbonyl (C=O) groups excluding carboxylic acids is 3. The van der Waals surface area contributed by atoms with Crippen molar-refractivity contribution in [3.63, 3.8) is 0 Å². The van der Waals surface area contributed by atoms with Gasteiger partial charge in [0, 0.05) is 12.2 Å². The van der Waals surface area contributed by atoms with E-state index in [4.69, 9.17) is 9.47 Å². The van der Waals surface area contributed by atoms with Crippen molar-refractivity contribution in [2.75, 3.05) is 30.0 Å². The minimum absolute atomic E-state index is 0.188. The van der Waals surface area contributed by atoms with Gasteiger partial charge in [0.15, 0.2) is 0 Å². The molecule has 0 radical (unpaired) electrons. The quantitative estimate of drug-likeness (QED) is 0.310. The van der Waals surface area contributed by atoms with Gasteiger partial charge < -0.3 is 14.8 Å². The molecular weight excluding hydrogens is 422 g/mol. The number of amides is 1. The molecule has 0 fully saturated rings. The highest BCUT2D eigenvalue weighted by atomic mass is 32.2. The van der Waals surface area contributed by atoms with Crippen LogP contribution in [0.1, 0.15) is 38.1 Å². The molecule has 0 atom stereocenters. The van der Waals surface area contributed by atoms with Gasteiger partial charge in [-0.2, -0.15) is 0 Å². The Kier molecular flexibility index (Phi) is 9.63. The van der Waals surface area contributed by atoms with E-state index >= 15 is 0 Å². The highest BCUT2D eigenvalue weighted by Crippen LogP contribution is 2.34. The van der Waals surface area contributed by atoms with Gasteiger partial charge in [-0.05, 0) is 25.0 Å². The Labute approximate surface area is 184 Å². The fourth-order valence-corrected chi connectivity index (χ4v) is 4.26. The van der Waals surface area contributed by atoms with Crippen LogP contribution in [0.2, 0.25) is 0 Å². The van der Waals surface area contributed by atoms with E-state index in [9.17, 15) is 14.4 Å². The van der Waals surface area contributed by atoms with Gasteiger partial charge in [0.2, 0.25) is 5.91 Å². The molecule has 160 valence electrons. The molecule has 0 aliphatic heterocycles. The van der Waals surface area contributed by atoms with Crippen LogP contribution in [0.3, 0.4) is 0 Å². The second-order valence-electron chi connectivity index (χ2n) is 6.20. The molecule has 0 aliphatic carbocycles. The van der Waals surface area contributed by atoms with Crippen molar-refractivity contribution in [1.82, 2.24) is 0 Å². The largest absolute Gasteiger partial charge is 0.462 e. The highest BCUT2D eigenvalue weighted by Gasteiger charge is 2.27. The molecule has 0 aliphatic rings. The number of thiophene rings is 1. The van der Waals surface area contributed by atoms with Crippen molar-refractivity contribution in [3.8, 4) is 0 Å². The van der Waals surface area contributed by atoms with Gasteiger partial charge in [-0.25, -0.2) is 9.59 Å². The summed E-state index contributed by atoms with van der Waals surface area (Å²) < 4.78 is 10.5. The molecule has 0 spiro atoms. The van der Waals surface area contributed by atoms with E-state index in [0.29, 0.717) is 22.7 Å². The average molecular weight is 448 g/mol. The zero-order chi connectivity index (χ0) is 21.9. The average Bonchev–Trinajstić information content (AvgIpc) is 3.05. The number of esters is 2. The van der Waals surface area contributed by atoms with Gasteiger partial charge in [-0.15, -0.1) is 29.7 Å². The number of nitrogens with one attached hydrogen (secondary N) is 1. The molecule has 8 heteroatoms. The van der Waals surface area contributed by atoms with Gasteiger partial charge in [0.25, 0.3) is 0 Å². The molecular formula is C22H25NO5S2. The first-order valence-corrected chi connectivity index (χ1v) is 11.4. The normalized spacial score (nSPS) is 10.3. The molecule has 1 aromatic carbocycles. The summed E-state index contributed by atoms with van der Waals surface area (Å²) in [5.41, 5.74) is 1.70. The van der Waals surface area contributed by atoms with Gasteiger partial charge >= 0.3 is 11.9 Å². The molecule has 2 aromatic rings. The maximum absolute atomic E-state index is 12.6. The lowest BCUT2D eigenvalue weighted by Gasteiger charge is -2.06. The van der Waals surface area contributed by atoms with Crippen LogP contribution in [0.15, 0.2) is 43.0 Å². The number of anilines is 1. The predicted molar refractivity (Wildman–Crippen MR) is 122 cm³/mol. The van der Waals surface area contributed by atoms with Gasteiger partial charge in [0.1, 0.15) is 9.88 Å². The number of hydrogen-bond donors (Lipinski definition) is 1. The second-order valence-corrected chi connectivity index (χ2v) is 8.26. The van der Waals surface area contributed by atoms with Crippen LogP contribution in [-0.4, -0.2) is 42.6 Å². The van der Waals surface area contributed by atoms with Crippen LogP contribution >= 0.6 is 23.1 Å². The van der Waals surface area contributed by atoms with Crippen LogP contribution in [0.4, 0.5) is 5.00 Å². The van der Waals surface area contributed by atoms with E-state index in [2.05, 4.69) is 11.9 Å². The van der Waals surface area contributed by atoms with Crippen LogP contribution < -0.4 is 5.32 Å². The SMILES string of the molecule is C=CCSCC(=O)Nc1sc(C(=O)OCCc2ccccc2)c(C)c1C(=O)OCC. The molecule has 1 N–H and O–H groups in total. The number of rotatable bonds is 11. The van der Waals surface area contributed by atoms with Gasteiger partial charge in [-0.1, -0.05) is 36.4 Å². The van der Waals surface area contributed by atoms with Crippen molar-refractivity contribution in [3.05, 3.63) is 64.6 Å². The summed E-state index contributed by atoms with van der Waals surface area (Å²) in [6.07, 6.45) is 2.30. The lowest BCUT2D eigenvalue weighted by atomic mass is 10.1. The first kappa shape index (κ1) is 23.7. The van der Waals surface area contributed by atoms with E-state index < -0.39 is 11.9 Å². The zero-order valence-electron chi connectivity index (χ0n) is 17.1. The second kappa shape index (κ2) is 12.2. The Morgan fingerprint density at radius 3 is 2.57 bits per heavy atom. The maximum atomic E-state index is 12.6. The molecule has 1 amide bonds. The molecule has 6 nitrogen and oxygen atoms in total. The van der Waals surface area contributed by atoms with Crippen LogP contribution in [-0.2, 0) is 20.7 Å². The summed E-state index contributed by atoms with van der Waals surface area (Å²) in [5, 5.41) is 3.02. The summed E-state index contributed by atoms with van der Waals surface area (Å²) in [4.78, 5) is 37.5. The Hall–Kier alpha value is -2.58. The number of carbonyl (C=O) groups is 3. The lowest BCUT2D eigenvalue weighted by Crippen LogP contribution is -2.16.